The highest BCUT2D eigenvalue weighted by molar-refractivity contribution is 5.16. The fraction of sp³-hybridized carbons (Fsp3) is 0.818. The van der Waals surface area contributed by atoms with Crippen molar-refractivity contribution in [3.8, 4) is 0 Å². The Morgan fingerprint density at radius 1 is 1.42 bits per heavy atom. The van der Waals surface area contributed by atoms with E-state index in [1.54, 1.807) is 0 Å². The zero-order chi connectivity index (χ0) is 8.77. The molecule has 0 spiro atoms. The highest BCUT2D eigenvalue weighted by atomic mass is 19.1. The van der Waals surface area contributed by atoms with Gasteiger partial charge in [0.15, 0.2) is 0 Å². The third kappa shape index (κ3) is 1.55. The van der Waals surface area contributed by atoms with Crippen molar-refractivity contribution in [2.45, 2.75) is 45.7 Å². The minimum atomic E-state index is -0.550. The van der Waals surface area contributed by atoms with E-state index in [1.807, 2.05) is 0 Å². The molecule has 1 saturated carbocycles. The van der Waals surface area contributed by atoms with E-state index in [1.165, 1.54) is 18.4 Å². The van der Waals surface area contributed by atoms with Gasteiger partial charge in [-0.3, -0.25) is 0 Å². The molecule has 0 aromatic rings. The summed E-state index contributed by atoms with van der Waals surface area (Å²) in [5, 5.41) is 0. The van der Waals surface area contributed by atoms with Crippen LogP contribution in [0.4, 0.5) is 4.39 Å². The molecular weight excluding hydrogens is 151 g/mol. The maximum absolute atomic E-state index is 13.1. The molecule has 0 heterocycles. The molecule has 1 heteroatoms. The second-order valence-electron chi connectivity index (χ2n) is 5.10. The van der Waals surface area contributed by atoms with Crippen LogP contribution in [0, 0.1) is 11.3 Å². The van der Waals surface area contributed by atoms with Crippen LogP contribution in [-0.2, 0) is 0 Å². The Hall–Kier alpha value is -0.330. The van der Waals surface area contributed by atoms with Crippen molar-refractivity contribution in [3.05, 3.63) is 11.6 Å². The quantitative estimate of drug-likeness (QED) is 0.486. The van der Waals surface area contributed by atoms with E-state index in [-0.39, 0.29) is 0 Å². The molecule has 0 aromatic carbocycles. The maximum atomic E-state index is 13.1. The van der Waals surface area contributed by atoms with Crippen LogP contribution < -0.4 is 0 Å². The third-order valence-corrected chi connectivity index (χ3v) is 3.03. The first-order valence-corrected chi connectivity index (χ1v) is 4.90. The summed E-state index contributed by atoms with van der Waals surface area (Å²) in [6.45, 7) is 4.52. The SMILES string of the molecule is CC1(C)C=C2CC(F)CC(C2)C1. The summed E-state index contributed by atoms with van der Waals surface area (Å²) in [5.74, 6) is 0.628. The molecule has 2 aliphatic rings. The smallest absolute Gasteiger partial charge is 0.104 e. The molecule has 2 bridgehead atoms. The fourth-order valence-electron chi connectivity index (χ4n) is 2.90. The molecule has 1 fully saturated rings. The van der Waals surface area contributed by atoms with Gasteiger partial charge in [-0.05, 0) is 37.0 Å². The summed E-state index contributed by atoms with van der Waals surface area (Å²) in [6, 6.07) is 0. The Labute approximate surface area is 73.9 Å². The lowest BCUT2D eigenvalue weighted by atomic mass is 9.68. The van der Waals surface area contributed by atoms with Gasteiger partial charge >= 0.3 is 0 Å². The van der Waals surface area contributed by atoms with E-state index in [4.69, 9.17) is 0 Å². The number of hydrogen-bond acceptors (Lipinski definition) is 0. The largest absolute Gasteiger partial charge is 0.247 e. The first-order valence-electron chi connectivity index (χ1n) is 4.90. The van der Waals surface area contributed by atoms with E-state index in [0.29, 0.717) is 17.8 Å². The Morgan fingerprint density at radius 2 is 2.17 bits per heavy atom. The number of rotatable bonds is 0. The van der Waals surface area contributed by atoms with Crippen LogP contribution in [0.1, 0.15) is 39.5 Å². The zero-order valence-electron chi connectivity index (χ0n) is 7.94. The van der Waals surface area contributed by atoms with Crippen molar-refractivity contribution in [1.29, 1.82) is 0 Å². The van der Waals surface area contributed by atoms with E-state index in [0.717, 1.165) is 6.42 Å². The lowest BCUT2D eigenvalue weighted by Gasteiger charge is -2.38. The van der Waals surface area contributed by atoms with Crippen molar-refractivity contribution in [2.24, 2.45) is 11.3 Å². The van der Waals surface area contributed by atoms with Crippen molar-refractivity contribution in [1.82, 2.24) is 0 Å². The number of hydrogen-bond donors (Lipinski definition) is 0. The molecule has 2 unspecified atom stereocenters. The van der Waals surface area contributed by atoms with Gasteiger partial charge in [0.05, 0.1) is 0 Å². The van der Waals surface area contributed by atoms with Gasteiger partial charge in [0.2, 0.25) is 0 Å². The normalized spacial score (nSPS) is 39.1. The van der Waals surface area contributed by atoms with Crippen LogP contribution >= 0.6 is 0 Å². The van der Waals surface area contributed by atoms with Crippen LogP contribution in [0.15, 0.2) is 11.6 Å². The average Bonchev–Trinajstić information content (AvgIpc) is 1.78. The van der Waals surface area contributed by atoms with Crippen LogP contribution in [0.2, 0.25) is 0 Å². The Bertz CT molecular complexity index is 215. The minimum absolute atomic E-state index is 0.332. The van der Waals surface area contributed by atoms with Crippen LogP contribution in [0.5, 0.6) is 0 Å². The Morgan fingerprint density at radius 3 is 2.83 bits per heavy atom. The molecule has 0 saturated heterocycles. The van der Waals surface area contributed by atoms with Gasteiger partial charge < -0.3 is 0 Å². The molecule has 0 nitrogen and oxygen atoms in total. The van der Waals surface area contributed by atoms with E-state index < -0.39 is 6.17 Å². The average molecular weight is 168 g/mol. The second kappa shape index (κ2) is 2.58. The first-order chi connectivity index (χ1) is 5.55. The fourth-order valence-corrected chi connectivity index (χ4v) is 2.90. The lowest BCUT2D eigenvalue weighted by Crippen LogP contribution is -2.28. The highest BCUT2D eigenvalue weighted by Gasteiger charge is 2.33. The lowest BCUT2D eigenvalue weighted by molar-refractivity contribution is 0.180. The summed E-state index contributed by atoms with van der Waals surface area (Å²) in [4.78, 5) is 0. The third-order valence-electron chi connectivity index (χ3n) is 3.03. The molecule has 12 heavy (non-hydrogen) atoms. The van der Waals surface area contributed by atoms with Gasteiger partial charge in [-0.15, -0.1) is 0 Å². The molecular formula is C11H17F. The van der Waals surface area contributed by atoms with Gasteiger partial charge in [-0.25, -0.2) is 4.39 Å². The molecule has 2 atom stereocenters. The van der Waals surface area contributed by atoms with Crippen LogP contribution in [0.3, 0.4) is 0 Å². The standard InChI is InChI=1S/C11H17F/c1-11(2)6-8-3-9(7-11)5-10(12)4-8/h6,9-10H,3-5,7H2,1-2H3. The van der Waals surface area contributed by atoms with Gasteiger partial charge in [0, 0.05) is 0 Å². The van der Waals surface area contributed by atoms with E-state index in [2.05, 4.69) is 19.9 Å². The second-order valence-corrected chi connectivity index (χ2v) is 5.10. The summed E-state index contributed by atoms with van der Waals surface area (Å²) in [5.41, 5.74) is 1.70. The monoisotopic (exact) mass is 168 g/mol. The number of fused-ring (bicyclic) bond motifs is 2. The number of alkyl halides is 1. The van der Waals surface area contributed by atoms with Crippen molar-refractivity contribution in [3.63, 3.8) is 0 Å². The van der Waals surface area contributed by atoms with E-state index in [9.17, 15) is 4.39 Å². The summed E-state index contributed by atoms with van der Waals surface area (Å²) >= 11 is 0. The van der Waals surface area contributed by atoms with Gasteiger partial charge in [0.1, 0.15) is 6.17 Å². The van der Waals surface area contributed by atoms with Crippen LogP contribution in [0.25, 0.3) is 0 Å². The molecule has 0 aliphatic heterocycles. The number of halogens is 1. The molecule has 2 aliphatic carbocycles. The highest BCUT2D eigenvalue weighted by Crippen LogP contribution is 2.44. The predicted octanol–water partition coefficient (Wildman–Crippen LogP) is 3.48. The topological polar surface area (TPSA) is 0 Å². The van der Waals surface area contributed by atoms with Gasteiger partial charge in [0.25, 0.3) is 0 Å². The molecule has 0 N–H and O–H groups in total. The Kier molecular flexibility index (Phi) is 1.78. The Balaban J connectivity index is 2.22. The molecule has 0 radical (unpaired) electrons. The molecule has 0 aromatic heterocycles. The minimum Gasteiger partial charge on any atom is -0.247 e. The van der Waals surface area contributed by atoms with Crippen molar-refractivity contribution in [2.75, 3.05) is 0 Å². The van der Waals surface area contributed by atoms with Crippen LogP contribution in [-0.4, -0.2) is 6.17 Å². The van der Waals surface area contributed by atoms with Gasteiger partial charge in [-0.1, -0.05) is 25.5 Å². The van der Waals surface area contributed by atoms with E-state index >= 15 is 0 Å². The zero-order valence-corrected chi connectivity index (χ0v) is 7.94. The number of allylic oxidation sites excluding steroid dienone is 2. The first kappa shape index (κ1) is 8.28. The van der Waals surface area contributed by atoms with Gasteiger partial charge in [-0.2, -0.15) is 0 Å². The summed E-state index contributed by atoms with van der Waals surface area (Å²) < 4.78 is 13.1. The maximum Gasteiger partial charge on any atom is 0.104 e. The molecule has 2 rings (SSSR count). The summed E-state index contributed by atoms with van der Waals surface area (Å²) in [6.07, 6.45) is 5.61. The van der Waals surface area contributed by atoms with Crippen molar-refractivity contribution >= 4 is 0 Å². The summed E-state index contributed by atoms with van der Waals surface area (Å²) in [7, 11) is 0. The molecule has 0 amide bonds. The predicted molar refractivity (Wildman–Crippen MR) is 48.7 cm³/mol. The molecule has 68 valence electrons. The van der Waals surface area contributed by atoms with Crippen molar-refractivity contribution < 1.29 is 4.39 Å².